The van der Waals surface area contributed by atoms with Gasteiger partial charge in [-0.3, -0.25) is 10.1 Å². The lowest BCUT2D eigenvalue weighted by Crippen LogP contribution is -2.20. The molecule has 7 nitrogen and oxygen atoms in total. The topological polar surface area (TPSA) is 106 Å². The minimum absolute atomic E-state index is 0.0267. The molecule has 112 valence electrons. The number of pyridine rings is 1. The van der Waals surface area contributed by atoms with Crippen LogP contribution < -0.4 is 16.6 Å². The number of anilines is 2. The number of hydrazine groups is 1. The van der Waals surface area contributed by atoms with Gasteiger partial charge in [0.15, 0.2) is 0 Å². The zero-order valence-electron chi connectivity index (χ0n) is 12.1. The third-order valence-electron chi connectivity index (χ3n) is 3.06. The predicted molar refractivity (Wildman–Crippen MR) is 80.5 cm³/mol. The normalized spacial score (nSPS) is 11.9. The number of aromatic nitrogens is 1. The second-order valence-electron chi connectivity index (χ2n) is 4.77. The van der Waals surface area contributed by atoms with E-state index < -0.39 is 4.92 Å². The Kier molecular flexibility index (Phi) is 6.72. The molecule has 0 aliphatic rings. The van der Waals surface area contributed by atoms with Crippen molar-refractivity contribution in [3.63, 3.8) is 0 Å². The first kappa shape index (κ1) is 16.2. The lowest BCUT2D eigenvalue weighted by atomic mass is 10.1. The van der Waals surface area contributed by atoms with Crippen molar-refractivity contribution in [3.05, 3.63) is 22.2 Å². The fraction of sp³-hybridized carbons (Fsp3) is 0.615. The van der Waals surface area contributed by atoms with Crippen LogP contribution in [0, 0.1) is 10.1 Å². The fourth-order valence-corrected chi connectivity index (χ4v) is 2.07. The first-order valence-electron chi connectivity index (χ1n) is 7.00. The number of hydrogen-bond donors (Lipinski definition) is 3. The van der Waals surface area contributed by atoms with Crippen LogP contribution in [0.15, 0.2) is 12.1 Å². The second kappa shape index (κ2) is 8.31. The standard InChI is InChI=1S/C13H23N5O2/c1-3-5-7-10(6-4-2)15-12-8-11(18(19)20)9-13(16-12)17-14/h8-10H,3-7,14H2,1-2H3,(H2,15,16,17). The molecule has 1 heterocycles. The molecule has 0 aromatic carbocycles. The van der Waals surface area contributed by atoms with E-state index >= 15 is 0 Å². The zero-order chi connectivity index (χ0) is 15.0. The van der Waals surface area contributed by atoms with Crippen LogP contribution in [0.2, 0.25) is 0 Å². The average molecular weight is 281 g/mol. The summed E-state index contributed by atoms with van der Waals surface area (Å²) in [6, 6.07) is 3.03. The summed E-state index contributed by atoms with van der Waals surface area (Å²) in [5.41, 5.74) is 2.33. The van der Waals surface area contributed by atoms with Crippen molar-refractivity contribution in [1.29, 1.82) is 0 Å². The van der Waals surface area contributed by atoms with Crippen LogP contribution in [0.4, 0.5) is 17.3 Å². The van der Waals surface area contributed by atoms with Gasteiger partial charge in [-0.05, 0) is 12.8 Å². The zero-order valence-corrected chi connectivity index (χ0v) is 12.1. The summed E-state index contributed by atoms with van der Waals surface area (Å²) in [7, 11) is 0. The van der Waals surface area contributed by atoms with E-state index in [9.17, 15) is 10.1 Å². The van der Waals surface area contributed by atoms with Crippen molar-refractivity contribution in [1.82, 2.24) is 4.98 Å². The monoisotopic (exact) mass is 281 g/mol. The third-order valence-corrected chi connectivity index (χ3v) is 3.06. The van der Waals surface area contributed by atoms with Gasteiger partial charge in [-0.2, -0.15) is 0 Å². The summed E-state index contributed by atoms with van der Waals surface area (Å²) in [5.74, 6) is 6.07. The Balaban J connectivity index is 2.87. The summed E-state index contributed by atoms with van der Waals surface area (Å²) in [5, 5.41) is 14.2. The van der Waals surface area contributed by atoms with Gasteiger partial charge >= 0.3 is 0 Å². The summed E-state index contributed by atoms with van der Waals surface area (Å²) >= 11 is 0. The molecule has 0 aliphatic heterocycles. The highest BCUT2D eigenvalue weighted by Gasteiger charge is 2.13. The largest absolute Gasteiger partial charge is 0.367 e. The van der Waals surface area contributed by atoms with Gasteiger partial charge in [0.2, 0.25) is 0 Å². The van der Waals surface area contributed by atoms with Crippen LogP contribution in [0.25, 0.3) is 0 Å². The molecular weight excluding hydrogens is 258 g/mol. The fourth-order valence-electron chi connectivity index (χ4n) is 2.07. The van der Waals surface area contributed by atoms with Gasteiger partial charge in [0.05, 0.1) is 17.1 Å². The molecule has 0 saturated carbocycles. The number of nitro groups is 1. The summed E-state index contributed by atoms with van der Waals surface area (Å²) in [6.07, 6.45) is 5.34. The molecule has 0 spiro atoms. The highest BCUT2D eigenvalue weighted by molar-refractivity contribution is 5.54. The van der Waals surface area contributed by atoms with Crippen LogP contribution in [-0.2, 0) is 0 Å². The number of hydrogen-bond acceptors (Lipinski definition) is 6. The van der Waals surface area contributed by atoms with Crippen molar-refractivity contribution >= 4 is 17.3 Å². The van der Waals surface area contributed by atoms with Crippen molar-refractivity contribution in [2.24, 2.45) is 5.84 Å². The van der Waals surface area contributed by atoms with Crippen molar-refractivity contribution in [3.8, 4) is 0 Å². The lowest BCUT2D eigenvalue weighted by Gasteiger charge is -2.18. The number of nitrogen functional groups attached to an aromatic ring is 1. The molecule has 1 aromatic rings. The van der Waals surface area contributed by atoms with Crippen molar-refractivity contribution < 1.29 is 4.92 Å². The Labute approximate surface area is 119 Å². The first-order chi connectivity index (χ1) is 9.60. The van der Waals surface area contributed by atoms with E-state index in [2.05, 4.69) is 29.6 Å². The molecule has 1 rings (SSSR count). The molecule has 0 saturated heterocycles. The predicted octanol–water partition coefficient (Wildman–Crippen LogP) is 3.05. The molecule has 4 N–H and O–H groups in total. The highest BCUT2D eigenvalue weighted by atomic mass is 16.6. The molecule has 0 aliphatic carbocycles. The molecule has 0 radical (unpaired) electrons. The Morgan fingerprint density at radius 2 is 2.00 bits per heavy atom. The van der Waals surface area contributed by atoms with Crippen LogP contribution in [-0.4, -0.2) is 15.9 Å². The number of nitrogens with two attached hydrogens (primary N) is 1. The first-order valence-corrected chi connectivity index (χ1v) is 7.00. The lowest BCUT2D eigenvalue weighted by molar-refractivity contribution is -0.384. The maximum atomic E-state index is 10.9. The van der Waals surface area contributed by atoms with Crippen LogP contribution >= 0.6 is 0 Å². The molecule has 0 fully saturated rings. The summed E-state index contributed by atoms with van der Waals surface area (Å²) < 4.78 is 0. The van der Waals surface area contributed by atoms with Gasteiger partial charge in [0.1, 0.15) is 11.6 Å². The maximum Gasteiger partial charge on any atom is 0.276 e. The van der Waals surface area contributed by atoms with Crippen LogP contribution in [0.3, 0.4) is 0 Å². The SMILES string of the molecule is CCCCC(CCC)Nc1cc([N+](=O)[O-])cc(NN)n1. The van der Waals surface area contributed by atoms with Gasteiger partial charge in [-0.1, -0.05) is 33.1 Å². The third kappa shape index (κ3) is 5.00. The number of nitrogens with zero attached hydrogens (tertiary/aromatic N) is 2. The van der Waals surface area contributed by atoms with Crippen LogP contribution in [0.1, 0.15) is 46.0 Å². The number of nitrogens with one attached hydrogen (secondary N) is 2. The Morgan fingerprint density at radius 1 is 1.30 bits per heavy atom. The van der Waals surface area contributed by atoms with Gasteiger partial charge in [-0.15, -0.1) is 0 Å². The number of unbranched alkanes of at least 4 members (excludes halogenated alkanes) is 1. The van der Waals surface area contributed by atoms with E-state index in [1.165, 1.54) is 12.1 Å². The van der Waals surface area contributed by atoms with Gasteiger partial charge in [0, 0.05) is 6.04 Å². The van der Waals surface area contributed by atoms with E-state index in [1.807, 2.05) is 0 Å². The molecule has 1 atom stereocenters. The van der Waals surface area contributed by atoms with Crippen molar-refractivity contribution in [2.45, 2.75) is 52.0 Å². The van der Waals surface area contributed by atoms with E-state index in [0.717, 1.165) is 32.1 Å². The quantitative estimate of drug-likeness (QED) is 0.365. The summed E-state index contributed by atoms with van der Waals surface area (Å²) in [4.78, 5) is 14.6. The minimum atomic E-state index is -0.450. The maximum absolute atomic E-state index is 10.9. The molecule has 20 heavy (non-hydrogen) atoms. The van der Waals surface area contributed by atoms with Crippen molar-refractivity contribution in [2.75, 3.05) is 10.7 Å². The molecule has 7 heteroatoms. The molecule has 0 amide bonds. The van der Waals surface area contributed by atoms with Gasteiger partial charge in [-0.25, -0.2) is 10.8 Å². The van der Waals surface area contributed by atoms with E-state index in [1.54, 1.807) is 0 Å². The Bertz CT molecular complexity index is 439. The number of rotatable bonds is 9. The molecular formula is C13H23N5O2. The second-order valence-corrected chi connectivity index (χ2v) is 4.77. The van der Waals surface area contributed by atoms with E-state index in [-0.39, 0.29) is 17.5 Å². The Morgan fingerprint density at radius 3 is 2.55 bits per heavy atom. The van der Waals surface area contributed by atoms with E-state index in [0.29, 0.717) is 5.82 Å². The Hall–Kier alpha value is -1.89. The molecule has 1 aromatic heterocycles. The highest BCUT2D eigenvalue weighted by Crippen LogP contribution is 2.22. The molecule has 1 unspecified atom stereocenters. The van der Waals surface area contributed by atoms with Crippen LogP contribution in [0.5, 0.6) is 0 Å². The summed E-state index contributed by atoms with van der Waals surface area (Å²) in [6.45, 7) is 4.26. The van der Waals surface area contributed by atoms with Gasteiger partial charge in [0.25, 0.3) is 5.69 Å². The van der Waals surface area contributed by atoms with E-state index in [4.69, 9.17) is 5.84 Å². The smallest absolute Gasteiger partial charge is 0.276 e. The van der Waals surface area contributed by atoms with Gasteiger partial charge < -0.3 is 10.7 Å². The minimum Gasteiger partial charge on any atom is -0.367 e. The average Bonchev–Trinajstić information content (AvgIpc) is 2.44. The molecule has 0 bridgehead atoms.